The van der Waals surface area contributed by atoms with Gasteiger partial charge in [-0.25, -0.2) is 14.8 Å². The van der Waals surface area contributed by atoms with Gasteiger partial charge in [-0.05, 0) is 20.8 Å². The van der Waals surface area contributed by atoms with E-state index >= 15 is 0 Å². The number of carbonyl (C=O) groups excluding carboxylic acids is 1. The summed E-state index contributed by atoms with van der Waals surface area (Å²) in [5.74, 6) is 1.75. The van der Waals surface area contributed by atoms with Gasteiger partial charge in [0.1, 0.15) is 18.4 Å². The Hall–Kier alpha value is -2.71. The van der Waals surface area contributed by atoms with Gasteiger partial charge in [-0.1, -0.05) is 6.92 Å². The summed E-state index contributed by atoms with van der Waals surface area (Å²) < 4.78 is 17.2. The molecule has 0 spiro atoms. The van der Waals surface area contributed by atoms with Crippen molar-refractivity contribution in [2.75, 3.05) is 40.0 Å². The number of ether oxygens (including phenoxy) is 3. The minimum atomic E-state index is -0.500. The first-order valence-corrected chi connectivity index (χ1v) is 11.4. The van der Waals surface area contributed by atoms with E-state index in [1.54, 1.807) is 12.0 Å². The smallest absolute Gasteiger partial charge is 0.410 e. The number of hydrogen-bond acceptors (Lipinski definition) is 8. The maximum Gasteiger partial charge on any atom is 0.410 e. The lowest BCUT2D eigenvalue weighted by Crippen LogP contribution is -2.42. The van der Waals surface area contributed by atoms with Gasteiger partial charge >= 0.3 is 6.09 Å². The van der Waals surface area contributed by atoms with Crippen LogP contribution in [0.15, 0.2) is 33.2 Å². The largest absolute Gasteiger partial charge is 0.484 e. The number of aliphatic imine (C=N–C) groups is 2. The van der Waals surface area contributed by atoms with Crippen LogP contribution in [0.4, 0.5) is 4.79 Å². The number of nitrogens with one attached hydrogen (secondary N) is 1. The zero-order valence-corrected chi connectivity index (χ0v) is 19.8. The molecule has 1 N–H and O–H groups in total. The fourth-order valence-electron chi connectivity index (χ4n) is 4.47. The fraction of sp³-hybridized carbons (Fsp3) is 0.696. The van der Waals surface area contributed by atoms with Crippen molar-refractivity contribution in [3.8, 4) is 0 Å². The summed E-state index contributed by atoms with van der Waals surface area (Å²) in [5.41, 5.74) is 3.03. The molecule has 9 nitrogen and oxygen atoms in total. The summed E-state index contributed by atoms with van der Waals surface area (Å²) in [6.45, 7) is 11.1. The highest BCUT2D eigenvalue weighted by Gasteiger charge is 2.34. The summed E-state index contributed by atoms with van der Waals surface area (Å²) in [4.78, 5) is 25.6. The maximum absolute atomic E-state index is 12.4. The highest BCUT2D eigenvalue weighted by atomic mass is 16.6. The first kappa shape index (κ1) is 22.5. The molecule has 176 valence electrons. The molecular formula is C23H35N5O4. The lowest BCUT2D eigenvalue weighted by Gasteiger charge is -2.37. The summed E-state index contributed by atoms with van der Waals surface area (Å²) >= 11 is 0. The van der Waals surface area contributed by atoms with Crippen molar-refractivity contribution < 1.29 is 19.0 Å². The zero-order valence-electron chi connectivity index (χ0n) is 19.8. The Bertz CT molecular complexity index is 870. The number of likely N-dealkylation sites (tertiary alicyclic amines) is 1. The van der Waals surface area contributed by atoms with Crippen molar-refractivity contribution in [3.05, 3.63) is 23.2 Å². The number of nitrogens with zero attached hydrogens (tertiary/aromatic N) is 4. The number of amides is 1. The normalized spacial score (nSPS) is 26.0. The molecule has 1 saturated heterocycles. The van der Waals surface area contributed by atoms with E-state index in [4.69, 9.17) is 14.2 Å². The molecule has 1 fully saturated rings. The average Bonchev–Trinajstić information content (AvgIpc) is 3.21. The van der Waals surface area contributed by atoms with E-state index in [-0.39, 0.29) is 18.1 Å². The molecule has 0 aliphatic carbocycles. The molecule has 0 aromatic rings. The van der Waals surface area contributed by atoms with Crippen LogP contribution in [0, 0.1) is 5.92 Å². The SMILES string of the molecule is COC1=NC=C(N2CCC3=C(C2)C(O[C@H]2CCN(C(=O)OC(C)(C)C)C2)=NCN3)C[C@H]1C. The molecule has 0 unspecified atom stereocenters. The van der Waals surface area contributed by atoms with Gasteiger partial charge in [0.15, 0.2) is 5.90 Å². The maximum atomic E-state index is 12.4. The predicted molar refractivity (Wildman–Crippen MR) is 122 cm³/mol. The number of allylic oxidation sites excluding steroid dienone is 1. The van der Waals surface area contributed by atoms with Crippen LogP contribution in [0.25, 0.3) is 0 Å². The van der Waals surface area contributed by atoms with Gasteiger partial charge in [0.2, 0.25) is 5.90 Å². The Kier molecular flexibility index (Phi) is 6.35. The topological polar surface area (TPSA) is 88.0 Å². The third-order valence-electron chi connectivity index (χ3n) is 6.09. The molecule has 32 heavy (non-hydrogen) atoms. The Morgan fingerprint density at radius 2 is 2.09 bits per heavy atom. The standard InChI is InChI=1S/C23H35N5O4/c1-15-10-16(11-24-20(15)30-5)27-9-7-19-18(13-27)21(26-14-25-19)31-17-6-8-28(12-17)22(29)32-23(2,3)4/h11,15,17,25H,6-10,12-14H2,1-5H3/t15-,17+/m1/s1. The molecule has 0 aromatic heterocycles. The van der Waals surface area contributed by atoms with E-state index in [1.807, 2.05) is 27.0 Å². The highest BCUT2D eigenvalue weighted by molar-refractivity contribution is 5.95. The second-order valence-corrected chi connectivity index (χ2v) is 9.78. The quantitative estimate of drug-likeness (QED) is 0.703. The Labute approximate surface area is 190 Å². The fourth-order valence-corrected chi connectivity index (χ4v) is 4.47. The Morgan fingerprint density at radius 3 is 2.81 bits per heavy atom. The second kappa shape index (κ2) is 9.03. The molecule has 0 saturated carbocycles. The minimum Gasteiger partial charge on any atom is -0.484 e. The van der Waals surface area contributed by atoms with Gasteiger partial charge in [0, 0.05) is 62.4 Å². The van der Waals surface area contributed by atoms with Crippen LogP contribution in [-0.2, 0) is 14.2 Å². The van der Waals surface area contributed by atoms with Gasteiger partial charge in [0.25, 0.3) is 0 Å². The van der Waals surface area contributed by atoms with Crippen LogP contribution in [0.5, 0.6) is 0 Å². The molecule has 0 aromatic carbocycles. The van der Waals surface area contributed by atoms with Gasteiger partial charge in [-0.2, -0.15) is 0 Å². The van der Waals surface area contributed by atoms with E-state index in [0.717, 1.165) is 43.8 Å². The van der Waals surface area contributed by atoms with Crippen LogP contribution in [-0.4, -0.2) is 79.4 Å². The van der Waals surface area contributed by atoms with Crippen molar-refractivity contribution in [2.24, 2.45) is 15.9 Å². The summed E-state index contributed by atoms with van der Waals surface area (Å²) in [6.07, 6.45) is 4.16. The van der Waals surface area contributed by atoms with E-state index in [1.165, 1.54) is 11.4 Å². The molecule has 4 aliphatic rings. The summed E-state index contributed by atoms with van der Waals surface area (Å²) in [6, 6.07) is 0. The predicted octanol–water partition coefficient (Wildman–Crippen LogP) is 2.86. The van der Waals surface area contributed by atoms with Crippen molar-refractivity contribution in [1.29, 1.82) is 0 Å². The summed E-state index contributed by atoms with van der Waals surface area (Å²) in [5, 5.41) is 3.41. The van der Waals surface area contributed by atoms with Crippen LogP contribution >= 0.6 is 0 Å². The lowest BCUT2D eigenvalue weighted by molar-refractivity contribution is 0.0273. The summed E-state index contributed by atoms with van der Waals surface area (Å²) in [7, 11) is 1.67. The van der Waals surface area contributed by atoms with Crippen molar-refractivity contribution in [3.63, 3.8) is 0 Å². The van der Waals surface area contributed by atoms with E-state index < -0.39 is 5.60 Å². The average molecular weight is 446 g/mol. The highest BCUT2D eigenvalue weighted by Crippen LogP contribution is 2.29. The number of carbonyl (C=O) groups is 1. The van der Waals surface area contributed by atoms with Crippen molar-refractivity contribution in [2.45, 2.75) is 58.7 Å². The molecule has 9 heteroatoms. The van der Waals surface area contributed by atoms with Gasteiger partial charge in [-0.15, -0.1) is 0 Å². The number of methoxy groups -OCH3 is 1. The molecule has 2 atom stereocenters. The Balaban J connectivity index is 1.39. The second-order valence-electron chi connectivity index (χ2n) is 9.78. The molecule has 4 heterocycles. The Morgan fingerprint density at radius 1 is 1.28 bits per heavy atom. The van der Waals surface area contributed by atoms with Crippen LogP contribution in [0.2, 0.25) is 0 Å². The van der Waals surface area contributed by atoms with Crippen molar-refractivity contribution >= 4 is 17.9 Å². The van der Waals surface area contributed by atoms with Gasteiger partial charge in [0.05, 0.1) is 19.2 Å². The van der Waals surface area contributed by atoms with E-state index in [2.05, 4.69) is 27.1 Å². The monoisotopic (exact) mass is 445 g/mol. The number of rotatable bonds is 2. The number of hydrogen-bond donors (Lipinski definition) is 1. The molecule has 4 aliphatic heterocycles. The molecular weight excluding hydrogens is 410 g/mol. The lowest BCUT2D eigenvalue weighted by atomic mass is 9.99. The third-order valence-corrected chi connectivity index (χ3v) is 6.09. The van der Waals surface area contributed by atoms with Gasteiger partial charge < -0.3 is 29.3 Å². The molecule has 0 bridgehead atoms. The van der Waals surface area contributed by atoms with Crippen LogP contribution in [0.1, 0.15) is 47.0 Å². The van der Waals surface area contributed by atoms with E-state index in [0.29, 0.717) is 25.7 Å². The third kappa shape index (κ3) is 5.02. The van der Waals surface area contributed by atoms with E-state index in [9.17, 15) is 4.79 Å². The van der Waals surface area contributed by atoms with Crippen molar-refractivity contribution in [1.82, 2.24) is 15.1 Å². The first-order valence-electron chi connectivity index (χ1n) is 11.4. The zero-order chi connectivity index (χ0) is 22.9. The molecule has 4 rings (SSSR count). The first-order chi connectivity index (χ1) is 15.2. The molecule has 0 radical (unpaired) electrons. The van der Waals surface area contributed by atoms with Crippen LogP contribution < -0.4 is 5.32 Å². The van der Waals surface area contributed by atoms with Gasteiger partial charge in [-0.3, -0.25) is 0 Å². The van der Waals surface area contributed by atoms with Crippen LogP contribution in [0.3, 0.4) is 0 Å². The molecule has 1 amide bonds. The minimum absolute atomic E-state index is 0.0775.